The molecule has 1 fully saturated rings. The molecule has 110 valence electrons. The van der Waals surface area contributed by atoms with E-state index in [0.717, 1.165) is 5.39 Å². The highest BCUT2D eigenvalue weighted by Crippen LogP contribution is 2.17. The molecule has 1 aliphatic rings. The minimum atomic E-state index is -0.866. The molecule has 3 rings (SSSR count). The molecule has 6 heteroatoms. The minimum absolute atomic E-state index is 0.108. The molecule has 0 radical (unpaired) electrons. The van der Waals surface area contributed by atoms with Crippen LogP contribution in [0, 0.1) is 0 Å². The number of rotatable bonds is 3. The summed E-state index contributed by atoms with van der Waals surface area (Å²) >= 11 is 0. The number of carbonyl (C=O) groups excluding carboxylic acids is 1. The van der Waals surface area contributed by atoms with Crippen molar-refractivity contribution < 1.29 is 9.18 Å². The van der Waals surface area contributed by atoms with Crippen LogP contribution in [-0.4, -0.2) is 29.6 Å². The summed E-state index contributed by atoms with van der Waals surface area (Å²) in [7, 11) is 0. The fraction of sp³-hybridized carbons (Fsp3) is 0.333. The number of aromatic amines is 1. The third-order valence-electron chi connectivity index (χ3n) is 3.66. The summed E-state index contributed by atoms with van der Waals surface area (Å²) in [5.74, 6) is -0.161. The average molecular weight is 289 g/mol. The minimum Gasteiger partial charge on any atom is -0.329 e. The lowest BCUT2D eigenvalue weighted by molar-refractivity contribution is -0.116. The number of pyridine rings is 1. The maximum atomic E-state index is 13.0. The number of aromatic nitrogens is 1. The van der Waals surface area contributed by atoms with Crippen LogP contribution in [-0.2, 0) is 4.79 Å². The third kappa shape index (κ3) is 3.11. The Kier molecular flexibility index (Phi) is 3.70. The molecule has 5 nitrogen and oxygen atoms in total. The molecule has 0 spiro atoms. The number of hydrogen-bond acceptors (Lipinski definition) is 3. The quantitative estimate of drug-likeness (QED) is 0.802. The number of H-pyrrole nitrogens is 1. The number of halogens is 1. The predicted octanol–water partition coefficient (Wildman–Crippen LogP) is 1.56. The summed E-state index contributed by atoms with van der Waals surface area (Å²) in [5, 5.41) is 7.10. The van der Waals surface area contributed by atoms with E-state index in [9.17, 15) is 14.0 Å². The summed E-state index contributed by atoms with van der Waals surface area (Å²) in [4.78, 5) is 26.1. The Morgan fingerprint density at radius 2 is 2.24 bits per heavy atom. The van der Waals surface area contributed by atoms with Gasteiger partial charge in [0.1, 0.15) is 6.17 Å². The van der Waals surface area contributed by atoms with Crippen molar-refractivity contribution in [1.82, 2.24) is 10.3 Å². The molecule has 3 N–H and O–H groups in total. The molecule has 1 amide bonds. The molecule has 0 saturated carbocycles. The number of nitrogens with one attached hydrogen (secondary N) is 3. The molecule has 0 bridgehead atoms. The number of fused-ring (bicyclic) bond motifs is 1. The second-order valence-corrected chi connectivity index (χ2v) is 5.30. The van der Waals surface area contributed by atoms with Crippen LogP contribution < -0.4 is 16.2 Å². The van der Waals surface area contributed by atoms with E-state index in [1.165, 1.54) is 0 Å². The lowest BCUT2D eigenvalue weighted by atomic mass is 10.1. The van der Waals surface area contributed by atoms with Gasteiger partial charge in [0.25, 0.3) is 5.56 Å². The molecule has 0 aliphatic carbocycles. The number of benzene rings is 1. The summed E-state index contributed by atoms with van der Waals surface area (Å²) in [5.41, 5.74) is 0.474. The average Bonchev–Trinajstić information content (AvgIpc) is 2.84. The second kappa shape index (κ2) is 5.65. The van der Waals surface area contributed by atoms with Gasteiger partial charge in [-0.1, -0.05) is 0 Å². The first-order valence-electron chi connectivity index (χ1n) is 6.90. The van der Waals surface area contributed by atoms with Gasteiger partial charge in [0.2, 0.25) is 5.91 Å². The Morgan fingerprint density at radius 1 is 1.38 bits per heavy atom. The molecule has 21 heavy (non-hydrogen) atoms. The van der Waals surface area contributed by atoms with Gasteiger partial charge in [0.05, 0.1) is 0 Å². The molecule has 0 unspecified atom stereocenters. The highest BCUT2D eigenvalue weighted by Gasteiger charge is 2.25. The van der Waals surface area contributed by atoms with Crippen molar-refractivity contribution >= 4 is 22.4 Å². The maximum Gasteiger partial charge on any atom is 0.255 e. The second-order valence-electron chi connectivity index (χ2n) is 5.30. The molecule has 1 aromatic carbocycles. The van der Waals surface area contributed by atoms with Crippen LogP contribution in [0.2, 0.25) is 0 Å². The fourth-order valence-corrected chi connectivity index (χ4v) is 2.63. The molecule has 1 saturated heterocycles. The van der Waals surface area contributed by atoms with E-state index < -0.39 is 6.17 Å². The van der Waals surface area contributed by atoms with Gasteiger partial charge in [-0.25, -0.2) is 4.39 Å². The number of alkyl halides is 1. The van der Waals surface area contributed by atoms with Gasteiger partial charge in [0.15, 0.2) is 0 Å². The Balaban J connectivity index is 1.70. The molecule has 1 aromatic heterocycles. The van der Waals surface area contributed by atoms with E-state index in [1.54, 1.807) is 30.5 Å². The molecule has 1 aliphatic heterocycles. The summed E-state index contributed by atoms with van der Waals surface area (Å²) in [6.45, 7) is 0.316. The molecule has 2 heterocycles. The monoisotopic (exact) mass is 289 g/mol. The highest BCUT2D eigenvalue weighted by atomic mass is 19.1. The van der Waals surface area contributed by atoms with Crippen molar-refractivity contribution in [3.05, 3.63) is 40.8 Å². The van der Waals surface area contributed by atoms with Crippen molar-refractivity contribution in [2.75, 3.05) is 11.9 Å². The van der Waals surface area contributed by atoms with Crippen LogP contribution in [0.4, 0.5) is 10.1 Å². The van der Waals surface area contributed by atoms with Gasteiger partial charge in [-0.3, -0.25) is 9.59 Å². The zero-order valence-corrected chi connectivity index (χ0v) is 11.4. The molecule has 2 aromatic rings. The van der Waals surface area contributed by atoms with E-state index in [-0.39, 0.29) is 23.9 Å². The van der Waals surface area contributed by atoms with Crippen molar-refractivity contribution in [3.63, 3.8) is 0 Å². The van der Waals surface area contributed by atoms with Gasteiger partial charge in [-0.05, 0) is 36.1 Å². The lowest BCUT2D eigenvalue weighted by Gasteiger charge is -2.10. The van der Waals surface area contributed by atoms with Crippen molar-refractivity contribution in [1.29, 1.82) is 0 Å². The fourth-order valence-electron chi connectivity index (χ4n) is 2.63. The number of carbonyl (C=O) groups is 1. The zero-order valence-electron chi connectivity index (χ0n) is 11.4. The zero-order chi connectivity index (χ0) is 14.8. The molecule has 2 atom stereocenters. The summed E-state index contributed by atoms with van der Waals surface area (Å²) < 4.78 is 13.0. The standard InChI is InChI=1S/C15H16FN3O2/c16-10-6-12(18-8-10)7-14(20)19-11-1-2-13-9(5-11)3-4-17-15(13)21/h1-5,10,12,18H,6-8H2,(H,17,21)(H,19,20)/t10-,12-/m0/s1. The number of amides is 1. The topological polar surface area (TPSA) is 74.0 Å². The van der Waals surface area contributed by atoms with Gasteiger partial charge in [-0.2, -0.15) is 0 Å². The van der Waals surface area contributed by atoms with Crippen LogP contribution in [0.1, 0.15) is 12.8 Å². The van der Waals surface area contributed by atoms with Crippen molar-refractivity contribution in [2.24, 2.45) is 0 Å². The predicted molar refractivity (Wildman–Crippen MR) is 79.1 cm³/mol. The maximum absolute atomic E-state index is 13.0. The highest BCUT2D eigenvalue weighted by molar-refractivity contribution is 5.94. The third-order valence-corrected chi connectivity index (χ3v) is 3.66. The summed E-state index contributed by atoms with van der Waals surface area (Å²) in [6.07, 6.45) is 1.32. The number of hydrogen-bond donors (Lipinski definition) is 3. The van der Waals surface area contributed by atoms with E-state index in [4.69, 9.17) is 0 Å². The number of anilines is 1. The first-order chi connectivity index (χ1) is 10.1. The van der Waals surface area contributed by atoms with Gasteiger partial charge >= 0.3 is 0 Å². The molecular weight excluding hydrogens is 273 g/mol. The van der Waals surface area contributed by atoms with E-state index in [0.29, 0.717) is 24.0 Å². The Bertz CT molecular complexity index is 728. The SMILES string of the molecule is O=C(C[C@@H]1C[C@H](F)CN1)Nc1ccc2c(=O)[nH]ccc2c1. The summed E-state index contributed by atoms with van der Waals surface area (Å²) in [6, 6.07) is 6.79. The smallest absolute Gasteiger partial charge is 0.255 e. The first kappa shape index (κ1) is 13.8. The van der Waals surface area contributed by atoms with E-state index >= 15 is 0 Å². The first-order valence-corrected chi connectivity index (χ1v) is 6.90. The van der Waals surface area contributed by atoms with E-state index in [1.807, 2.05) is 0 Å². The van der Waals surface area contributed by atoms with E-state index in [2.05, 4.69) is 15.6 Å². The van der Waals surface area contributed by atoms with Crippen LogP contribution in [0.15, 0.2) is 35.3 Å². The lowest BCUT2D eigenvalue weighted by Crippen LogP contribution is -2.27. The van der Waals surface area contributed by atoms with Gasteiger partial charge in [-0.15, -0.1) is 0 Å². The Hall–Kier alpha value is -2.21. The van der Waals surface area contributed by atoms with Crippen molar-refractivity contribution in [3.8, 4) is 0 Å². The molecular formula is C15H16FN3O2. The Morgan fingerprint density at radius 3 is 3.00 bits per heavy atom. The van der Waals surface area contributed by atoms with Crippen LogP contribution in [0.3, 0.4) is 0 Å². The van der Waals surface area contributed by atoms with Crippen LogP contribution in [0.5, 0.6) is 0 Å². The van der Waals surface area contributed by atoms with Crippen LogP contribution in [0.25, 0.3) is 10.8 Å². The largest absolute Gasteiger partial charge is 0.329 e. The van der Waals surface area contributed by atoms with Crippen molar-refractivity contribution in [2.45, 2.75) is 25.1 Å². The van der Waals surface area contributed by atoms with Gasteiger partial charge < -0.3 is 15.6 Å². The normalized spacial score (nSPS) is 21.6. The Labute approximate surface area is 120 Å². The van der Waals surface area contributed by atoms with Gasteiger partial charge in [0, 0.05) is 36.3 Å². The van der Waals surface area contributed by atoms with Crippen LogP contribution >= 0.6 is 0 Å².